The minimum atomic E-state index is -0.950. The number of hydrogen-bond donors (Lipinski definition) is 0. The second-order valence-electron chi connectivity index (χ2n) is 7.53. The summed E-state index contributed by atoms with van der Waals surface area (Å²) in [7, 11) is 0. The Morgan fingerprint density at radius 1 is 0.759 bits per heavy atom. The number of aryl methyl sites for hydroxylation is 2. The molecular weight excluding hydrogens is 360 g/mol. The first kappa shape index (κ1) is 20.5. The van der Waals surface area contributed by atoms with Gasteiger partial charge in [0.2, 0.25) is 5.78 Å². The van der Waals surface area contributed by atoms with Gasteiger partial charge in [-0.1, -0.05) is 96.9 Å². The standard InChI is InChI=1S/C26H26O3/c1-18-9-13-22(14-10-18)25(28)26(23-15-11-19(2)12-16-23)29-24(27)17-20(3)21-7-5-4-6-8-21/h4-16,20,26H,17H2,1-3H3/t20-,26+/m1/s1. The highest BCUT2D eigenvalue weighted by atomic mass is 16.5. The van der Waals surface area contributed by atoms with Crippen LogP contribution in [0.1, 0.15) is 58.0 Å². The van der Waals surface area contributed by atoms with Gasteiger partial charge in [-0.2, -0.15) is 0 Å². The lowest BCUT2D eigenvalue weighted by Gasteiger charge is -2.19. The number of hydrogen-bond acceptors (Lipinski definition) is 3. The van der Waals surface area contributed by atoms with E-state index in [1.54, 1.807) is 12.1 Å². The average molecular weight is 386 g/mol. The second kappa shape index (κ2) is 9.33. The maximum Gasteiger partial charge on any atom is 0.307 e. The molecule has 0 unspecified atom stereocenters. The molecule has 3 nitrogen and oxygen atoms in total. The van der Waals surface area contributed by atoms with Crippen LogP contribution < -0.4 is 0 Å². The van der Waals surface area contributed by atoms with Gasteiger partial charge in [-0.3, -0.25) is 9.59 Å². The molecule has 3 aromatic carbocycles. The molecule has 0 amide bonds. The van der Waals surface area contributed by atoms with Crippen LogP contribution >= 0.6 is 0 Å². The molecule has 148 valence electrons. The molecule has 0 N–H and O–H groups in total. The van der Waals surface area contributed by atoms with Crippen LogP contribution in [0.5, 0.6) is 0 Å². The first-order valence-corrected chi connectivity index (χ1v) is 9.86. The van der Waals surface area contributed by atoms with Crippen molar-refractivity contribution in [1.82, 2.24) is 0 Å². The molecule has 0 spiro atoms. The van der Waals surface area contributed by atoms with Crippen LogP contribution in [0.15, 0.2) is 78.9 Å². The molecule has 2 atom stereocenters. The van der Waals surface area contributed by atoms with Gasteiger partial charge in [-0.05, 0) is 25.3 Å². The minimum absolute atomic E-state index is 0.0110. The summed E-state index contributed by atoms with van der Waals surface area (Å²) < 4.78 is 5.73. The van der Waals surface area contributed by atoms with Crippen molar-refractivity contribution in [2.75, 3.05) is 0 Å². The summed E-state index contributed by atoms with van der Waals surface area (Å²) in [6.45, 7) is 5.93. The SMILES string of the molecule is Cc1ccc(C(=O)[C@@H](OC(=O)C[C@@H](C)c2ccccc2)c2ccc(C)cc2)cc1. The first-order valence-electron chi connectivity index (χ1n) is 9.86. The van der Waals surface area contributed by atoms with Gasteiger partial charge in [0.25, 0.3) is 0 Å². The summed E-state index contributed by atoms with van der Waals surface area (Å²) in [6, 6.07) is 24.7. The van der Waals surface area contributed by atoms with Crippen LogP contribution in [0.2, 0.25) is 0 Å². The largest absolute Gasteiger partial charge is 0.449 e. The average Bonchev–Trinajstić information content (AvgIpc) is 2.73. The van der Waals surface area contributed by atoms with Crippen molar-refractivity contribution >= 4 is 11.8 Å². The molecule has 0 bridgehead atoms. The number of benzene rings is 3. The van der Waals surface area contributed by atoms with Gasteiger partial charge in [-0.15, -0.1) is 0 Å². The van der Waals surface area contributed by atoms with E-state index in [4.69, 9.17) is 4.74 Å². The van der Waals surface area contributed by atoms with E-state index < -0.39 is 6.10 Å². The van der Waals surface area contributed by atoms with E-state index >= 15 is 0 Å². The van der Waals surface area contributed by atoms with E-state index in [1.165, 1.54) is 0 Å². The molecule has 0 fully saturated rings. The highest BCUT2D eigenvalue weighted by Crippen LogP contribution is 2.26. The Hall–Kier alpha value is -3.20. The number of esters is 1. The molecule has 0 aliphatic rings. The highest BCUT2D eigenvalue weighted by Gasteiger charge is 2.27. The third-order valence-electron chi connectivity index (χ3n) is 5.05. The maximum atomic E-state index is 13.2. The van der Waals surface area contributed by atoms with Crippen molar-refractivity contribution in [3.05, 3.63) is 107 Å². The molecule has 0 aliphatic carbocycles. The molecule has 0 saturated heterocycles. The van der Waals surface area contributed by atoms with E-state index in [0.29, 0.717) is 11.1 Å². The van der Waals surface area contributed by atoms with Gasteiger partial charge >= 0.3 is 5.97 Å². The van der Waals surface area contributed by atoms with Crippen LogP contribution in [0.25, 0.3) is 0 Å². The first-order chi connectivity index (χ1) is 13.9. The lowest BCUT2D eigenvalue weighted by Crippen LogP contribution is -2.21. The van der Waals surface area contributed by atoms with Gasteiger partial charge in [0.1, 0.15) is 0 Å². The lowest BCUT2D eigenvalue weighted by molar-refractivity contribution is -0.147. The highest BCUT2D eigenvalue weighted by molar-refractivity contribution is 6.01. The molecule has 29 heavy (non-hydrogen) atoms. The van der Waals surface area contributed by atoms with Crippen molar-refractivity contribution in [2.45, 2.75) is 39.2 Å². The predicted octanol–water partition coefficient (Wildman–Crippen LogP) is 5.96. The number of ether oxygens (including phenoxy) is 1. The van der Waals surface area contributed by atoms with Gasteiger partial charge in [-0.25, -0.2) is 0 Å². The fourth-order valence-corrected chi connectivity index (χ4v) is 3.21. The zero-order valence-corrected chi connectivity index (χ0v) is 17.1. The molecule has 0 heterocycles. The van der Waals surface area contributed by atoms with Crippen molar-refractivity contribution in [2.24, 2.45) is 0 Å². The summed E-state index contributed by atoms with van der Waals surface area (Å²) in [5.41, 5.74) is 4.44. The van der Waals surface area contributed by atoms with E-state index in [1.807, 2.05) is 87.5 Å². The topological polar surface area (TPSA) is 43.4 Å². The Kier molecular flexibility index (Phi) is 6.61. The third-order valence-corrected chi connectivity index (χ3v) is 5.05. The van der Waals surface area contributed by atoms with Gasteiger partial charge < -0.3 is 4.74 Å². The zero-order valence-electron chi connectivity index (χ0n) is 17.1. The number of ketones is 1. The van der Waals surface area contributed by atoms with Crippen LogP contribution in [-0.2, 0) is 9.53 Å². The molecule has 0 radical (unpaired) electrons. The van der Waals surface area contributed by atoms with Crippen molar-refractivity contribution in [1.29, 1.82) is 0 Å². The van der Waals surface area contributed by atoms with Crippen molar-refractivity contribution in [3.63, 3.8) is 0 Å². The molecule has 0 aromatic heterocycles. The fourth-order valence-electron chi connectivity index (χ4n) is 3.21. The Bertz CT molecular complexity index is 957. The number of Topliss-reactive ketones (excluding diaryl/α,β-unsaturated/α-hetero) is 1. The minimum Gasteiger partial charge on any atom is -0.449 e. The van der Waals surface area contributed by atoms with Crippen LogP contribution in [-0.4, -0.2) is 11.8 Å². The second-order valence-corrected chi connectivity index (χ2v) is 7.53. The van der Waals surface area contributed by atoms with E-state index in [-0.39, 0.29) is 24.1 Å². The summed E-state index contributed by atoms with van der Waals surface area (Å²) in [5, 5.41) is 0. The quantitative estimate of drug-likeness (QED) is 0.371. The molecule has 3 rings (SSSR count). The molecule has 0 saturated carbocycles. The molecule has 3 heteroatoms. The van der Waals surface area contributed by atoms with Gasteiger partial charge in [0.05, 0.1) is 6.42 Å². The smallest absolute Gasteiger partial charge is 0.307 e. The van der Waals surface area contributed by atoms with E-state index in [2.05, 4.69) is 0 Å². The Morgan fingerprint density at radius 3 is 1.90 bits per heavy atom. The van der Waals surface area contributed by atoms with Crippen molar-refractivity contribution < 1.29 is 14.3 Å². The third kappa shape index (κ3) is 5.41. The number of carbonyl (C=O) groups excluding carboxylic acids is 2. The summed E-state index contributed by atoms with van der Waals surface area (Å²) in [6.07, 6.45) is -0.734. The van der Waals surface area contributed by atoms with Crippen LogP contribution in [0.4, 0.5) is 0 Å². The van der Waals surface area contributed by atoms with Crippen LogP contribution in [0, 0.1) is 13.8 Å². The monoisotopic (exact) mass is 386 g/mol. The Balaban J connectivity index is 1.81. The summed E-state index contributed by atoms with van der Waals surface area (Å²) in [5.74, 6) is -0.584. The van der Waals surface area contributed by atoms with Crippen molar-refractivity contribution in [3.8, 4) is 0 Å². The lowest BCUT2D eigenvalue weighted by atomic mass is 9.97. The van der Waals surface area contributed by atoms with Gasteiger partial charge in [0, 0.05) is 11.1 Å². The number of carbonyl (C=O) groups is 2. The molecule has 0 aliphatic heterocycles. The van der Waals surface area contributed by atoms with E-state index in [9.17, 15) is 9.59 Å². The molecular formula is C26H26O3. The summed E-state index contributed by atoms with van der Waals surface area (Å²) in [4.78, 5) is 25.8. The van der Waals surface area contributed by atoms with Gasteiger partial charge in [0.15, 0.2) is 6.10 Å². The summed E-state index contributed by atoms with van der Waals surface area (Å²) >= 11 is 0. The van der Waals surface area contributed by atoms with Crippen LogP contribution in [0.3, 0.4) is 0 Å². The maximum absolute atomic E-state index is 13.2. The Morgan fingerprint density at radius 2 is 1.31 bits per heavy atom. The molecule has 3 aromatic rings. The Labute approximate surface area is 172 Å². The zero-order chi connectivity index (χ0) is 20.8. The number of rotatable bonds is 7. The predicted molar refractivity (Wildman–Crippen MR) is 115 cm³/mol. The fraction of sp³-hybridized carbons (Fsp3) is 0.231. The normalized spacial score (nSPS) is 12.8. The van der Waals surface area contributed by atoms with E-state index in [0.717, 1.165) is 16.7 Å².